The zero-order valence-electron chi connectivity index (χ0n) is 13.0. The molecule has 2 atom stereocenters. The molecule has 0 radical (unpaired) electrons. The molecule has 1 fully saturated rings. The summed E-state index contributed by atoms with van der Waals surface area (Å²) in [4.78, 5) is 12.2. The molecular formula is C15H21ClF2N2O3S. The summed E-state index contributed by atoms with van der Waals surface area (Å²) in [6.45, 7) is 0.523. The summed E-state index contributed by atoms with van der Waals surface area (Å²) in [6.07, 6.45) is 2.90. The average molecular weight is 383 g/mol. The average Bonchev–Trinajstić information content (AvgIpc) is 2.94. The highest BCUT2D eigenvalue weighted by Crippen LogP contribution is 2.25. The lowest BCUT2D eigenvalue weighted by Crippen LogP contribution is -2.39. The number of amides is 1. The zero-order valence-corrected chi connectivity index (χ0v) is 14.6. The number of hydrogen-bond acceptors (Lipinski definition) is 4. The summed E-state index contributed by atoms with van der Waals surface area (Å²) in [5.74, 6) is -4.14. The summed E-state index contributed by atoms with van der Waals surface area (Å²) in [7, 11) is -4.46. The SMILES string of the molecule is Cl.NCC1CCCC1NC(=O)c1ccc(CS(=O)(=O)C(F)F)cc1. The fourth-order valence-electron chi connectivity index (χ4n) is 2.81. The van der Waals surface area contributed by atoms with Gasteiger partial charge in [0.2, 0.25) is 9.84 Å². The smallest absolute Gasteiger partial charge is 0.337 e. The maximum absolute atomic E-state index is 12.3. The molecule has 1 aromatic rings. The van der Waals surface area contributed by atoms with Gasteiger partial charge in [-0.2, -0.15) is 8.78 Å². The molecule has 0 aliphatic heterocycles. The molecule has 1 amide bonds. The molecule has 9 heteroatoms. The van der Waals surface area contributed by atoms with Crippen LogP contribution in [0.3, 0.4) is 0 Å². The quantitative estimate of drug-likeness (QED) is 0.788. The lowest BCUT2D eigenvalue weighted by atomic mass is 10.0. The summed E-state index contributed by atoms with van der Waals surface area (Å²) >= 11 is 0. The van der Waals surface area contributed by atoms with Crippen LogP contribution in [0.2, 0.25) is 0 Å². The van der Waals surface area contributed by atoms with Gasteiger partial charge >= 0.3 is 5.76 Å². The Hall–Kier alpha value is -1.25. The van der Waals surface area contributed by atoms with Crippen LogP contribution in [0.1, 0.15) is 35.2 Å². The normalized spacial score (nSPS) is 20.7. The maximum Gasteiger partial charge on any atom is 0.337 e. The fourth-order valence-corrected chi connectivity index (χ4v) is 3.59. The third-order valence-corrected chi connectivity index (χ3v) is 5.41. The minimum absolute atomic E-state index is 0. The minimum atomic E-state index is -4.46. The number of benzene rings is 1. The van der Waals surface area contributed by atoms with Crippen molar-refractivity contribution in [3.63, 3.8) is 0 Å². The molecule has 3 N–H and O–H groups in total. The molecule has 0 aromatic heterocycles. The van der Waals surface area contributed by atoms with Crippen molar-refractivity contribution in [1.82, 2.24) is 5.32 Å². The van der Waals surface area contributed by atoms with Crippen molar-refractivity contribution in [2.24, 2.45) is 11.7 Å². The standard InChI is InChI=1S/C15H20F2N2O3S.ClH/c16-15(17)23(21,22)9-10-4-6-11(7-5-10)14(20)19-13-3-1-2-12(13)8-18;/h4-7,12-13,15H,1-3,8-9,18H2,(H,19,20);1H. The van der Waals surface area contributed by atoms with E-state index >= 15 is 0 Å². The maximum atomic E-state index is 12.3. The fraction of sp³-hybridized carbons (Fsp3) is 0.533. The van der Waals surface area contributed by atoms with Crippen molar-refractivity contribution in [1.29, 1.82) is 0 Å². The molecule has 1 aliphatic rings. The van der Waals surface area contributed by atoms with Gasteiger partial charge in [0.15, 0.2) is 0 Å². The van der Waals surface area contributed by atoms with Gasteiger partial charge in [-0.25, -0.2) is 8.42 Å². The van der Waals surface area contributed by atoms with Crippen LogP contribution in [-0.4, -0.2) is 32.7 Å². The molecular weight excluding hydrogens is 362 g/mol. The first-order valence-electron chi connectivity index (χ1n) is 7.43. The van der Waals surface area contributed by atoms with E-state index in [2.05, 4.69) is 5.32 Å². The number of nitrogens with two attached hydrogens (primary N) is 1. The van der Waals surface area contributed by atoms with Crippen molar-refractivity contribution in [3.8, 4) is 0 Å². The number of rotatable bonds is 6. The first-order valence-corrected chi connectivity index (χ1v) is 9.14. The molecule has 1 saturated carbocycles. The molecule has 0 spiro atoms. The Bertz CT molecular complexity index is 653. The van der Waals surface area contributed by atoms with Gasteiger partial charge in [0.05, 0.1) is 5.75 Å². The zero-order chi connectivity index (χ0) is 17.0. The first-order chi connectivity index (χ1) is 10.8. The summed E-state index contributed by atoms with van der Waals surface area (Å²) in [5, 5.41) is 2.92. The number of hydrogen-bond donors (Lipinski definition) is 2. The van der Waals surface area contributed by atoms with Gasteiger partial charge in [-0.15, -0.1) is 12.4 Å². The second-order valence-electron chi connectivity index (χ2n) is 5.77. The number of sulfone groups is 1. The second kappa shape index (κ2) is 8.73. The highest BCUT2D eigenvalue weighted by atomic mass is 35.5. The van der Waals surface area contributed by atoms with Crippen LogP contribution in [-0.2, 0) is 15.6 Å². The highest BCUT2D eigenvalue weighted by Gasteiger charge is 2.28. The summed E-state index contributed by atoms with van der Waals surface area (Å²) in [6, 6.07) is 5.69. The molecule has 0 saturated heterocycles. The molecule has 2 rings (SSSR count). The van der Waals surface area contributed by atoms with Gasteiger partial charge < -0.3 is 11.1 Å². The Balaban J connectivity index is 0.00000288. The van der Waals surface area contributed by atoms with Gasteiger partial charge in [-0.3, -0.25) is 4.79 Å². The molecule has 1 aromatic carbocycles. The molecule has 2 unspecified atom stereocenters. The van der Waals surface area contributed by atoms with Crippen molar-refractivity contribution in [2.45, 2.75) is 36.8 Å². The van der Waals surface area contributed by atoms with Crippen LogP contribution in [0, 0.1) is 5.92 Å². The molecule has 136 valence electrons. The molecule has 1 aliphatic carbocycles. The van der Waals surface area contributed by atoms with E-state index < -0.39 is 21.3 Å². The Kier molecular flexibility index (Phi) is 7.56. The minimum Gasteiger partial charge on any atom is -0.349 e. The Morgan fingerprint density at radius 1 is 1.25 bits per heavy atom. The third-order valence-electron chi connectivity index (χ3n) is 4.13. The third kappa shape index (κ3) is 5.12. The van der Waals surface area contributed by atoms with E-state index in [0.717, 1.165) is 19.3 Å². The molecule has 0 bridgehead atoms. The summed E-state index contributed by atoms with van der Waals surface area (Å²) < 4.78 is 47.0. The van der Waals surface area contributed by atoms with Crippen molar-refractivity contribution in [2.75, 3.05) is 6.54 Å². The van der Waals surface area contributed by atoms with E-state index in [4.69, 9.17) is 5.73 Å². The number of carbonyl (C=O) groups is 1. The van der Waals surface area contributed by atoms with E-state index in [1.807, 2.05) is 0 Å². The second-order valence-corrected chi connectivity index (χ2v) is 7.74. The van der Waals surface area contributed by atoms with Crippen LogP contribution < -0.4 is 11.1 Å². The van der Waals surface area contributed by atoms with Gasteiger partial charge in [-0.1, -0.05) is 18.6 Å². The van der Waals surface area contributed by atoms with Crippen LogP contribution in [0.25, 0.3) is 0 Å². The Labute approximate surface area is 146 Å². The highest BCUT2D eigenvalue weighted by molar-refractivity contribution is 7.90. The number of nitrogens with one attached hydrogen (secondary N) is 1. The lowest BCUT2D eigenvalue weighted by Gasteiger charge is -2.19. The molecule has 24 heavy (non-hydrogen) atoms. The van der Waals surface area contributed by atoms with Crippen LogP contribution >= 0.6 is 12.4 Å². The monoisotopic (exact) mass is 382 g/mol. The van der Waals surface area contributed by atoms with Crippen molar-refractivity contribution >= 4 is 28.2 Å². The first kappa shape index (κ1) is 20.8. The largest absolute Gasteiger partial charge is 0.349 e. The van der Waals surface area contributed by atoms with Crippen LogP contribution in [0.15, 0.2) is 24.3 Å². The van der Waals surface area contributed by atoms with Crippen LogP contribution in [0.4, 0.5) is 8.78 Å². The molecule has 0 heterocycles. The van der Waals surface area contributed by atoms with E-state index in [9.17, 15) is 22.0 Å². The van der Waals surface area contributed by atoms with E-state index in [1.165, 1.54) is 24.3 Å². The summed E-state index contributed by atoms with van der Waals surface area (Å²) in [5.41, 5.74) is 6.26. The predicted molar refractivity (Wildman–Crippen MR) is 90.0 cm³/mol. The Morgan fingerprint density at radius 3 is 2.42 bits per heavy atom. The number of halogens is 3. The van der Waals surface area contributed by atoms with E-state index in [0.29, 0.717) is 12.1 Å². The predicted octanol–water partition coefficient (Wildman–Crippen LogP) is 2.10. The van der Waals surface area contributed by atoms with Gasteiger partial charge in [0.25, 0.3) is 5.91 Å². The molecule has 5 nitrogen and oxygen atoms in total. The van der Waals surface area contributed by atoms with Gasteiger partial charge in [0, 0.05) is 11.6 Å². The topological polar surface area (TPSA) is 89.3 Å². The van der Waals surface area contributed by atoms with Gasteiger partial charge in [0.1, 0.15) is 0 Å². The van der Waals surface area contributed by atoms with Crippen LogP contribution in [0.5, 0.6) is 0 Å². The Morgan fingerprint density at radius 2 is 1.88 bits per heavy atom. The van der Waals surface area contributed by atoms with E-state index in [-0.39, 0.29) is 35.8 Å². The number of alkyl halides is 2. The van der Waals surface area contributed by atoms with E-state index in [1.54, 1.807) is 0 Å². The lowest BCUT2D eigenvalue weighted by molar-refractivity contribution is 0.0928. The van der Waals surface area contributed by atoms with Crippen molar-refractivity contribution in [3.05, 3.63) is 35.4 Å². The number of carbonyl (C=O) groups excluding carboxylic acids is 1. The van der Waals surface area contributed by atoms with Crippen molar-refractivity contribution < 1.29 is 22.0 Å². The van der Waals surface area contributed by atoms with Gasteiger partial charge in [-0.05, 0) is 43.0 Å².